The first kappa shape index (κ1) is 16.0. The van der Waals surface area contributed by atoms with E-state index in [-0.39, 0.29) is 11.8 Å². The van der Waals surface area contributed by atoms with Crippen LogP contribution in [-0.4, -0.2) is 39.3 Å². The number of halogens is 1. The molecule has 0 spiro atoms. The van der Waals surface area contributed by atoms with Gasteiger partial charge in [0.25, 0.3) is 0 Å². The molecule has 0 aromatic carbocycles. The summed E-state index contributed by atoms with van der Waals surface area (Å²) in [5.41, 5.74) is 7.74. The van der Waals surface area contributed by atoms with Crippen LogP contribution < -0.4 is 5.73 Å². The molecule has 1 aromatic rings. The molecule has 0 saturated carbocycles. The summed E-state index contributed by atoms with van der Waals surface area (Å²) in [6, 6.07) is 0. The average Bonchev–Trinajstić information content (AvgIpc) is 2.65. The molecule has 3 N–H and O–H groups in total. The molecule has 0 radical (unpaired) electrons. The maximum Gasteiger partial charge on any atom is 0.143 e. The van der Waals surface area contributed by atoms with Crippen LogP contribution in [0, 0.1) is 12.8 Å². The lowest BCUT2D eigenvalue weighted by atomic mass is 10.1. The van der Waals surface area contributed by atoms with Gasteiger partial charge in [-0.05, 0) is 36.8 Å². The molecule has 0 saturated heterocycles. The van der Waals surface area contributed by atoms with Crippen LogP contribution in [0.2, 0.25) is 0 Å². The van der Waals surface area contributed by atoms with E-state index in [0.29, 0.717) is 0 Å². The van der Waals surface area contributed by atoms with Gasteiger partial charge in [-0.3, -0.25) is 9.58 Å². The quantitative estimate of drug-likeness (QED) is 0.360. The molecule has 1 aromatic heterocycles. The molecule has 108 valence electrons. The minimum atomic E-state index is 0.00729. The molecule has 19 heavy (non-hydrogen) atoms. The number of oxime groups is 1. The molecule has 1 rings (SSSR count). The number of aryl methyl sites for hydroxylation is 2. The highest BCUT2D eigenvalue weighted by atomic mass is 79.9. The summed E-state index contributed by atoms with van der Waals surface area (Å²) in [5, 5.41) is 16.2. The molecular formula is C12H22BrN5O. The van der Waals surface area contributed by atoms with Gasteiger partial charge in [-0.15, -0.1) is 0 Å². The zero-order valence-electron chi connectivity index (χ0n) is 11.9. The van der Waals surface area contributed by atoms with E-state index in [0.717, 1.165) is 35.5 Å². The molecule has 7 heteroatoms. The number of hydrogen-bond donors (Lipinski definition) is 2. The van der Waals surface area contributed by atoms with Crippen molar-refractivity contribution in [3.63, 3.8) is 0 Å². The topological polar surface area (TPSA) is 79.7 Å². The molecule has 0 aliphatic heterocycles. The van der Waals surface area contributed by atoms with Gasteiger partial charge in [-0.25, -0.2) is 0 Å². The zero-order valence-corrected chi connectivity index (χ0v) is 13.5. The third-order valence-corrected chi connectivity index (χ3v) is 4.11. The second-order valence-electron chi connectivity index (χ2n) is 4.78. The SMILES string of the molecule is CCn1nc(C)c(Br)c1CN(C)CC(C)C(N)=NO. The second-order valence-corrected chi connectivity index (χ2v) is 5.58. The molecule has 1 unspecified atom stereocenters. The summed E-state index contributed by atoms with van der Waals surface area (Å²) >= 11 is 3.58. The summed E-state index contributed by atoms with van der Waals surface area (Å²) in [6.45, 7) is 8.31. The maximum atomic E-state index is 8.66. The molecule has 0 fully saturated rings. The summed E-state index contributed by atoms with van der Waals surface area (Å²) in [4.78, 5) is 2.13. The lowest BCUT2D eigenvalue weighted by molar-refractivity contribution is 0.284. The summed E-state index contributed by atoms with van der Waals surface area (Å²) < 4.78 is 3.04. The molecule has 1 atom stereocenters. The van der Waals surface area contributed by atoms with Crippen molar-refractivity contribution >= 4 is 21.8 Å². The first-order valence-electron chi connectivity index (χ1n) is 6.28. The second kappa shape index (κ2) is 6.91. The van der Waals surface area contributed by atoms with Gasteiger partial charge in [0.15, 0.2) is 0 Å². The van der Waals surface area contributed by atoms with Crippen molar-refractivity contribution in [3.8, 4) is 0 Å². The van der Waals surface area contributed by atoms with Gasteiger partial charge >= 0.3 is 0 Å². The number of amidine groups is 1. The van der Waals surface area contributed by atoms with Crippen molar-refractivity contribution in [1.82, 2.24) is 14.7 Å². The van der Waals surface area contributed by atoms with Gasteiger partial charge in [0.1, 0.15) is 5.84 Å². The van der Waals surface area contributed by atoms with Crippen molar-refractivity contribution in [1.29, 1.82) is 0 Å². The van der Waals surface area contributed by atoms with E-state index >= 15 is 0 Å². The molecule has 6 nitrogen and oxygen atoms in total. The summed E-state index contributed by atoms with van der Waals surface area (Å²) in [7, 11) is 2.01. The van der Waals surface area contributed by atoms with Crippen LogP contribution in [0.5, 0.6) is 0 Å². The van der Waals surface area contributed by atoms with E-state index in [9.17, 15) is 0 Å². The highest BCUT2D eigenvalue weighted by Gasteiger charge is 2.16. The Kier molecular flexibility index (Phi) is 5.81. The minimum Gasteiger partial charge on any atom is -0.409 e. The smallest absolute Gasteiger partial charge is 0.143 e. The predicted molar refractivity (Wildman–Crippen MR) is 79.2 cm³/mol. The summed E-state index contributed by atoms with van der Waals surface area (Å²) in [5.74, 6) is 0.263. The normalized spacial score (nSPS) is 14.1. The third kappa shape index (κ3) is 3.94. The maximum absolute atomic E-state index is 8.66. The van der Waals surface area contributed by atoms with E-state index < -0.39 is 0 Å². The molecule has 0 aliphatic carbocycles. The number of hydrogen-bond acceptors (Lipinski definition) is 4. The Hall–Kier alpha value is -1.08. The van der Waals surface area contributed by atoms with Crippen LogP contribution in [0.3, 0.4) is 0 Å². The lowest BCUT2D eigenvalue weighted by Crippen LogP contribution is -2.33. The van der Waals surface area contributed by atoms with Gasteiger partial charge < -0.3 is 10.9 Å². The van der Waals surface area contributed by atoms with Crippen molar-refractivity contribution in [2.75, 3.05) is 13.6 Å². The number of aromatic nitrogens is 2. The van der Waals surface area contributed by atoms with Crippen LogP contribution in [0.4, 0.5) is 0 Å². The van der Waals surface area contributed by atoms with E-state index in [1.54, 1.807) is 0 Å². The first-order valence-corrected chi connectivity index (χ1v) is 7.07. The van der Waals surface area contributed by atoms with Crippen LogP contribution in [0.15, 0.2) is 9.63 Å². The Bertz CT molecular complexity index is 457. The zero-order chi connectivity index (χ0) is 14.6. The van der Waals surface area contributed by atoms with Gasteiger partial charge in [-0.1, -0.05) is 12.1 Å². The molecule has 0 amide bonds. The fraction of sp³-hybridized carbons (Fsp3) is 0.667. The molecule has 1 heterocycles. The first-order chi connectivity index (χ1) is 8.90. The largest absolute Gasteiger partial charge is 0.409 e. The fourth-order valence-corrected chi connectivity index (χ4v) is 2.41. The van der Waals surface area contributed by atoms with E-state index in [4.69, 9.17) is 10.9 Å². The van der Waals surface area contributed by atoms with Crippen LogP contribution >= 0.6 is 15.9 Å². The van der Waals surface area contributed by atoms with Crippen LogP contribution in [0.25, 0.3) is 0 Å². The molecular weight excluding hydrogens is 310 g/mol. The molecule has 0 aliphatic rings. The van der Waals surface area contributed by atoms with Crippen molar-refractivity contribution in [2.45, 2.75) is 33.9 Å². The highest BCUT2D eigenvalue weighted by Crippen LogP contribution is 2.22. The number of nitrogens with two attached hydrogens (primary N) is 1. The number of nitrogens with zero attached hydrogens (tertiary/aromatic N) is 4. The standard InChI is InChI=1S/C12H22BrN5O/c1-5-18-10(11(13)9(3)15-18)7-17(4)6-8(2)12(14)16-19/h8,19H,5-7H2,1-4H3,(H2,14,16). The van der Waals surface area contributed by atoms with Crippen molar-refractivity contribution < 1.29 is 5.21 Å². The van der Waals surface area contributed by atoms with Gasteiger partial charge in [0, 0.05) is 25.6 Å². The highest BCUT2D eigenvalue weighted by molar-refractivity contribution is 9.10. The van der Waals surface area contributed by atoms with E-state index in [2.05, 4.69) is 38.0 Å². The Labute approximate surface area is 122 Å². The van der Waals surface area contributed by atoms with Gasteiger partial charge in [0.2, 0.25) is 0 Å². The lowest BCUT2D eigenvalue weighted by Gasteiger charge is -2.21. The monoisotopic (exact) mass is 331 g/mol. The predicted octanol–water partition coefficient (Wildman–Crippen LogP) is 1.79. The van der Waals surface area contributed by atoms with Crippen LogP contribution in [0.1, 0.15) is 25.2 Å². The Morgan fingerprint density at radius 1 is 1.63 bits per heavy atom. The minimum absolute atomic E-state index is 0.00729. The van der Waals surface area contributed by atoms with Crippen molar-refractivity contribution in [3.05, 3.63) is 15.9 Å². The Balaban J connectivity index is 2.74. The van der Waals surface area contributed by atoms with Gasteiger partial charge in [0.05, 0.1) is 15.9 Å². The average molecular weight is 332 g/mol. The van der Waals surface area contributed by atoms with E-state index in [1.807, 2.05) is 25.6 Å². The van der Waals surface area contributed by atoms with Crippen molar-refractivity contribution in [2.24, 2.45) is 16.8 Å². The summed E-state index contributed by atoms with van der Waals surface area (Å²) in [6.07, 6.45) is 0. The van der Waals surface area contributed by atoms with Gasteiger partial charge in [-0.2, -0.15) is 5.10 Å². The van der Waals surface area contributed by atoms with E-state index in [1.165, 1.54) is 0 Å². The Morgan fingerprint density at radius 2 is 2.26 bits per heavy atom. The fourth-order valence-electron chi connectivity index (χ4n) is 2.00. The Morgan fingerprint density at radius 3 is 2.79 bits per heavy atom. The third-order valence-electron chi connectivity index (χ3n) is 3.08. The number of rotatable bonds is 6. The molecule has 0 bridgehead atoms. The van der Waals surface area contributed by atoms with Crippen LogP contribution in [-0.2, 0) is 13.1 Å².